The second kappa shape index (κ2) is 9.42. The van der Waals surface area contributed by atoms with E-state index < -0.39 is 0 Å². The molecule has 0 bridgehead atoms. The third kappa shape index (κ3) is 5.19. The highest BCUT2D eigenvalue weighted by molar-refractivity contribution is 6.04. The van der Waals surface area contributed by atoms with Crippen LogP contribution >= 0.6 is 12.4 Å². The predicted octanol–water partition coefficient (Wildman–Crippen LogP) is 3.42. The molecule has 1 aliphatic rings. The number of hydrogen-bond donors (Lipinski definition) is 2. The summed E-state index contributed by atoms with van der Waals surface area (Å²) in [6, 6.07) is 14.9. The van der Waals surface area contributed by atoms with Crippen LogP contribution in [0.1, 0.15) is 28.9 Å². The van der Waals surface area contributed by atoms with Crippen molar-refractivity contribution in [2.24, 2.45) is 0 Å². The van der Waals surface area contributed by atoms with E-state index in [0.29, 0.717) is 12.2 Å². The predicted molar refractivity (Wildman–Crippen MR) is 101 cm³/mol. The second-order valence-corrected chi connectivity index (χ2v) is 5.60. The molecular weight excluding hydrogens is 340 g/mol. The van der Waals surface area contributed by atoms with E-state index in [0.717, 1.165) is 36.7 Å². The zero-order valence-corrected chi connectivity index (χ0v) is 15.0. The number of ether oxygens (including phenoxy) is 2. The van der Waals surface area contributed by atoms with Crippen LogP contribution in [-0.4, -0.2) is 32.2 Å². The van der Waals surface area contributed by atoms with Gasteiger partial charge in [0.15, 0.2) is 0 Å². The van der Waals surface area contributed by atoms with Crippen LogP contribution in [0.5, 0.6) is 5.75 Å². The Bertz CT molecular complexity index is 668. The highest BCUT2D eigenvalue weighted by Gasteiger charge is 2.15. The van der Waals surface area contributed by atoms with E-state index >= 15 is 0 Å². The first-order valence-electron chi connectivity index (χ1n) is 8.23. The van der Waals surface area contributed by atoms with Gasteiger partial charge in [-0.05, 0) is 48.9 Å². The average Bonchev–Trinajstić information content (AvgIpc) is 2.64. The van der Waals surface area contributed by atoms with Gasteiger partial charge in [0.1, 0.15) is 5.75 Å². The van der Waals surface area contributed by atoms with Crippen LogP contribution in [0.4, 0.5) is 5.69 Å². The molecule has 2 N–H and O–H groups in total. The number of rotatable bonds is 5. The Kier molecular flexibility index (Phi) is 7.25. The smallest absolute Gasteiger partial charge is 0.255 e. The van der Waals surface area contributed by atoms with Crippen LogP contribution in [0, 0.1) is 0 Å². The number of benzene rings is 2. The van der Waals surface area contributed by atoms with Gasteiger partial charge in [-0.1, -0.05) is 12.1 Å². The maximum absolute atomic E-state index is 12.3. The lowest BCUT2D eigenvalue weighted by Crippen LogP contribution is -2.33. The quantitative estimate of drug-likeness (QED) is 0.855. The van der Waals surface area contributed by atoms with Crippen molar-refractivity contribution in [1.82, 2.24) is 5.32 Å². The highest BCUT2D eigenvalue weighted by Crippen LogP contribution is 2.21. The molecule has 3 rings (SSSR count). The Morgan fingerprint density at radius 2 is 1.92 bits per heavy atom. The molecule has 1 fully saturated rings. The van der Waals surface area contributed by atoms with Crippen molar-refractivity contribution >= 4 is 24.0 Å². The van der Waals surface area contributed by atoms with Gasteiger partial charge in [0, 0.05) is 24.3 Å². The number of nitrogens with one attached hydrogen (secondary N) is 2. The van der Waals surface area contributed by atoms with Gasteiger partial charge in [0.05, 0.1) is 19.3 Å². The van der Waals surface area contributed by atoms with Crippen LogP contribution in [-0.2, 0) is 4.74 Å². The van der Waals surface area contributed by atoms with Gasteiger partial charge in [-0.3, -0.25) is 4.79 Å². The van der Waals surface area contributed by atoms with E-state index in [9.17, 15) is 4.79 Å². The molecule has 2 aromatic rings. The zero-order chi connectivity index (χ0) is 16.8. The molecule has 0 saturated carbocycles. The SMILES string of the molecule is CCOc1ccc(C(=O)Nc2ccc(C3CNCCO3)cc2)cc1.Cl. The number of anilines is 1. The summed E-state index contributed by atoms with van der Waals surface area (Å²) in [5.74, 6) is 0.626. The molecule has 1 atom stereocenters. The maximum atomic E-state index is 12.3. The van der Waals surface area contributed by atoms with Crippen LogP contribution in [0.3, 0.4) is 0 Å². The molecule has 2 aromatic carbocycles. The van der Waals surface area contributed by atoms with Crippen molar-refractivity contribution in [3.05, 3.63) is 59.7 Å². The number of morpholine rings is 1. The summed E-state index contributed by atoms with van der Waals surface area (Å²) in [6.07, 6.45) is 0.0783. The fraction of sp³-hybridized carbons (Fsp3) is 0.316. The standard InChI is InChI=1S/C19H22N2O3.ClH/c1-2-23-17-9-5-15(6-10-17)19(22)21-16-7-3-14(4-8-16)18-13-20-11-12-24-18;/h3-10,18,20H,2,11-13H2,1H3,(H,21,22);1H. The van der Waals surface area contributed by atoms with E-state index in [1.54, 1.807) is 24.3 Å². The van der Waals surface area contributed by atoms with Gasteiger partial charge in [0.25, 0.3) is 5.91 Å². The Hall–Kier alpha value is -2.08. The number of halogens is 1. The van der Waals surface area contributed by atoms with E-state index in [4.69, 9.17) is 9.47 Å². The molecule has 5 nitrogen and oxygen atoms in total. The van der Waals surface area contributed by atoms with Crippen molar-refractivity contribution in [3.63, 3.8) is 0 Å². The summed E-state index contributed by atoms with van der Waals surface area (Å²) >= 11 is 0. The molecule has 0 aliphatic carbocycles. The lowest BCUT2D eigenvalue weighted by atomic mass is 10.1. The number of amides is 1. The van der Waals surface area contributed by atoms with Crippen LogP contribution in [0.15, 0.2) is 48.5 Å². The van der Waals surface area contributed by atoms with Gasteiger partial charge in [0.2, 0.25) is 0 Å². The van der Waals surface area contributed by atoms with Crippen molar-refractivity contribution in [1.29, 1.82) is 0 Å². The Labute approximate surface area is 154 Å². The lowest BCUT2D eigenvalue weighted by Gasteiger charge is -2.24. The van der Waals surface area contributed by atoms with Crippen LogP contribution in [0.2, 0.25) is 0 Å². The number of carbonyl (C=O) groups excluding carboxylic acids is 1. The van der Waals surface area contributed by atoms with Crippen molar-refractivity contribution in [2.75, 3.05) is 31.6 Å². The maximum Gasteiger partial charge on any atom is 0.255 e. The third-order valence-electron chi connectivity index (χ3n) is 3.90. The highest BCUT2D eigenvalue weighted by atomic mass is 35.5. The summed E-state index contributed by atoms with van der Waals surface area (Å²) in [6.45, 7) is 4.97. The van der Waals surface area contributed by atoms with Crippen LogP contribution < -0.4 is 15.4 Å². The molecule has 0 aromatic heterocycles. The van der Waals surface area contributed by atoms with Crippen molar-refractivity contribution in [2.45, 2.75) is 13.0 Å². The summed E-state index contributed by atoms with van der Waals surface area (Å²) in [7, 11) is 0. The van der Waals surface area contributed by atoms with E-state index in [1.807, 2.05) is 31.2 Å². The second-order valence-electron chi connectivity index (χ2n) is 5.60. The number of carbonyl (C=O) groups is 1. The zero-order valence-electron chi connectivity index (χ0n) is 14.2. The van der Waals surface area contributed by atoms with Gasteiger partial charge >= 0.3 is 0 Å². The monoisotopic (exact) mass is 362 g/mol. The Balaban J connectivity index is 0.00000225. The summed E-state index contributed by atoms with van der Waals surface area (Å²) in [5, 5.41) is 6.21. The number of hydrogen-bond acceptors (Lipinski definition) is 4. The summed E-state index contributed by atoms with van der Waals surface area (Å²) in [4.78, 5) is 12.3. The van der Waals surface area contributed by atoms with Crippen LogP contribution in [0.25, 0.3) is 0 Å². The minimum atomic E-state index is -0.138. The molecule has 1 unspecified atom stereocenters. The first-order valence-corrected chi connectivity index (χ1v) is 8.23. The fourth-order valence-electron chi connectivity index (χ4n) is 2.63. The minimum absolute atomic E-state index is 0. The molecule has 1 aliphatic heterocycles. The molecule has 134 valence electrons. The average molecular weight is 363 g/mol. The van der Waals surface area contributed by atoms with Crippen molar-refractivity contribution < 1.29 is 14.3 Å². The lowest BCUT2D eigenvalue weighted by molar-refractivity contribution is 0.0277. The first kappa shape index (κ1) is 19.2. The Morgan fingerprint density at radius 3 is 2.52 bits per heavy atom. The minimum Gasteiger partial charge on any atom is -0.494 e. The molecule has 1 amide bonds. The molecule has 1 saturated heterocycles. The van der Waals surface area contributed by atoms with E-state index in [1.165, 1.54) is 0 Å². The van der Waals surface area contributed by atoms with Gasteiger partial charge in [-0.2, -0.15) is 0 Å². The van der Waals surface area contributed by atoms with Gasteiger partial charge in [-0.25, -0.2) is 0 Å². The van der Waals surface area contributed by atoms with Gasteiger partial charge < -0.3 is 20.1 Å². The largest absolute Gasteiger partial charge is 0.494 e. The van der Waals surface area contributed by atoms with Gasteiger partial charge in [-0.15, -0.1) is 12.4 Å². The molecular formula is C19H23ClN2O3. The van der Waals surface area contributed by atoms with Crippen molar-refractivity contribution in [3.8, 4) is 5.75 Å². The molecule has 0 radical (unpaired) electrons. The summed E-state index contributed by atoms with van der Waals surface area (Å²) in [5.41, 5.74) is 2.48. The van der Waals surface area contributed by atoms with E-state index in [-0.39, 0.29) is 24.4 Å². The molecule has 6 heteroatoms. The third-order valence-corrected chi connectivity index (χ3v) is 3.90. The van der Waals surface area contributed by atoms with E-state index in [2.05, 4.69) is 10.6 Å². The molecule has 0 spiro atoms. The summed E-state index contributed by atoms with van der Waals surface area (Å²) < 4.78 is 11.1. The Morgan fingerprint density at radius 1 is 1.20 bits per heavy atom. The molecule has 1 heterocycles. The fourth-order valence-corrected chi connectivity index (χ4v) is 2.63. The molecule has 25 heavy (non-hydrogen) atoms. The normalized spacial score (nSPS) is 16.6. The first-order chi connectivity index (χ1) is 11.8. The topological polar surface area (TPSA) is 59.6 Å².